The van der Waals surface area contributed by atoms with E-state index in [1.807, 2.05) is 49.4 Å². The fraction of sp³-hybridized carbons (Fsp3) is 0.150. The van der Waals surface area contributed by atoms with E-state index < -0.39 is 6.04 Å². The average molecular weight is 396 g/mol. The van der Waals surface area contributed by atoms with Gasteiger partial charge in [0.05, 0.1) is 5.57 Å². The number of aromatic nitrogens is 1. The third-order valence-electron chi connectivity index (χ3n) is 4.43. The maximum absolute atomic E-state index is 12.5. The van der Waals surface area contributed by atoms with Crippen LogP contribution < -0.4 is 16.0 Å². The number of para-hydroxylation sites is 2. The summed E-state index contributed by atoms with van der Waals surface area (Å²) in [4.78, 5) is 21.6. The highest BCUT2D eigenvalue weighted by atomic mass is 35.5. The van der Waals surface area contributed by atoms with E-state index in [0.717, 1.165) is 11.1 Å². The van der Waals surface area contributed by atoms with Crippen molar-refractivity contribution in [2.75, 3.05) is 12.4 Å². The highest BCUT2D eigenvalue weighted by molar-refractivity contribution is 6.31. The van der Waals surface area contributed by atoms with Gasteiger partial charge in [0.2, 0.25) is 5.96 Å². The number of nitrogens with zero attached hydrogens (tertiary/aromatic N) is 2. The largest absolute Gasteiger partial charge is 0.423 e. The van der Waals surface area contributed by atoms with Crippen molar-refractivity contribution in [1.29, 1.82) is 0 Å². The summed E-state index contributed by atoms with van der Waals surface area (Å²) in [6, 6.07) is 14.5. The van der Waals surface area contributed by atoms with Crippen LogP contribution in [0.2, 0.25) is 5.02 Å². The van der Waals surface area contributed by atoms with Crippen LogP contribution in [0.15, 0.2) is 69.2 Å². The highest BCUT2D eigenvalue weighted by Gasteiger charge is 2.30. The number of hydrogen-bond acceptors (Lipinski definition) is 6. The molecule has 1 amide bonds. The predicted molar refractivity (Wildman–Crippen MR) is 109 cm³/mol. The fourth-order valence-corrected chi connectivity index (χ4v) is 3.36. The van der Waals surface area contributed by atoms with Crippen molar-refractivity contribution in [3.8, 4) is 0 Å². The lowest BCUT2D eigenvalue weighted by Gasteiger charge is -2.26. The Morgan fingerprint density at radius 1 is 1.18 bits per heavy atom. The number of likely N-dealkylation sites (N-methyl/N-ethyl adjacent to an activating group) is 1. The van der Waals surface area contributed by atoms with Gasteiger partial charge < -0.3 is 15.1 Å². The van der Waals surface area contributed by atoms with E-state index in [-0.39, 0.29) is 5.91 Å². The van der Waals surface area contributed by atoms with E-state index in [4.69, 9.17) is 16.0 Å². The average Bonchev–Trinajstić information content (AvgIpc) is 3.09. The summed E-state index contributed by atoms with van der Waals surface area (Å²) in [5.74, 6) is 0.196. The van der Waals surface area contributed by atoms with E-state index in [9.17, 15) is 4.79 Å². The second-order valence-corrected chi connectivity index (χ2v) is 6.66. The number of oxazole rings is 1. The van der Waals surface area contributed by atoms with E-state index >= 15 is 0 Å². The van der Waals surface area contributed by atoms with Crippen LogP contribution in [0.25, 0.3) is 11.1 Å². The molecule has 2 heterocycles. The molecule has 0 bridgehead atoms. The Bertz CT molecular complexity index is 1090. The van der Waals surface area contributed by atoms with Crippen LogP contribution in [0.5, 0.6) is 0 Å². The molecule has 0 aliphatic carbocycles. The number of benzene rings is 2. The molecular weight excluding hydrogens is 378 g/mol. The SMILES string of the molecule is CNC(=O)C1=C(C)NC(Nc2nc3ccccc3o2)=NC1c1ccccc1Cl. The first kappa shape index (κ1) is 18.1. The Balaban J connectivity index is 1.72. The number of anilines is 1. The second kappa shape index (κ2) is 7.36. The van der Waals surface area contributed by atoms with Crippen LogP contribution >= 0.6 is 11.6 Å². The summed E-state index contributed by atoms with van der Waals surface area (Å²) in [5, 5.41) is 9.36. The molecule has 0 radical (unpaired) electrons. The van der Waals surface area contributed by atoms with Gasteiger partial charge in [-0.25, -0.2) is 4.99 Å². The predicted octanol–water partition coefficient (Wildman–Crippen LogP) is 3.61. The Kier molecular flexibility index (Phi) is 4.75. The number of aliphatic imine (C=N–C) groups is 1. The molecule has 7 nitrogen and oxygen atoms in total. The molecule has 1 aliphatic rings. The molecule has 3 aromatic rings. The monoisotopic (exact) mass is 395 g/mol. The van der Waals surface area contributed by atoms with Crippen LogP contribution in [-0.2, 0) is 4.79 Å². The van der Waals surface area contributed by atoms with Crippen molar-refractivity contribution in [1.82, 2.24) is 15.6 Å². The molecule has 1 aliphatic heterocycles. The minimum absolute atomic E-state index is 0.223. The number of carbonyl (C=O) groups is 1. The van der Waals surface area contributed by atoms with E-state index in [1.54, 1.807) is 13.1 Å². The van der Waals surface area contributed by atoms with Crippen LogP contribution in [0, 0.1) is 0 Å². The zero-order valence-electron chi connectivity index (χ0n) is 15.3. The topological polar surface area (TPSA) is 91.6 Å². The maximum Gasteiger partial charge on any atom is 0.302 e. The van der Waals surface area contributed by atoms with Gasteiger partial charge in [-0.1, -0.05) is 41.9 Å². The molecule has 8 heteroatoms. The summed E-state index contributed by atoms with van der Waals surface area (Å²) in [6.07, 6.45) is 0. The summed E-state index contributed by atoms with van der Waals surface area (Å²) in [6.45, 7) is 1.82. The molecule has 1 atom stereocenters. The lowest BCUT2D eigenvalue weighted by molar-refractivity contribution is -0.117. The third kappa shape index (κ3) is 3.32. The molecule has 28 heavy (non-hydrogen) atoms. The van der Waals surface area contributed by atoms with Crippen molar-refractivity contribution in [3.63, 3.8) is 0 Å². The number of amides is 1. The van der Waals surface area contributed by atoms with Crippen LogP contribution in [-0.4, -0.2) is 23.9 Å². The van der Waals surface area contributed by atoms with Crippen LogP contribution in [0.4, 0.5) is 6.01 Å². The van der Waals surface area contributed by atoms with Crippen molar-refractivity contribution in [2.24, 2.45) is 4.99 Å². The fourth-order valence-electron chi connectivity index (χ4n) is 3.12. The Morgan fingerprint density at radius 3 is 2.68 bits per heavy atom. The zero-order chi connectivity index (χ0) is 19.7. The van der Waals surface area contributed by atoms with Crippen molar-refractivity contribution >= 4 is 40.6 Å². The number of fused-ring (bicyclic) bond motifs is 1. The van der Waals surface area contributed by atoms with Crippen LogP contribution in [0.1, 0.15) is 18.5 Å². The molecule has 2 aromatic carbocycles. The van der Waals surface area contributed by atoms with Gasteiger partial charge in [-0.2, -0.15) is 4.98 Å². The van der Waals surface area contributed by atoms with E-state index in [2.05, 4.69) is 25.9 Å². The van der Waals surface area contributed by atoms with Gasteiger partial charge in [-0.05, 0) is 25.1 Å². The van der Waals surface area contributed by atoms with E-state index in [0.29, 0.717) is 33.9 Å². The quantitative estimate of drug-likeness (QED) is 0.630. The number of rotatable bonds is 3. The first-order valence-corrected chi connectivity index (χ1v) is 9.09. The normalized spacial score (nSPS) is 16.5. The Labute approximate surface area is 166 Å². The third-order valence-corrected chi connectivity index (χ3v) is 4.78. The molecule has 0 spiro atoms. The van der Waals surface area contributed by atoms with Gasteiger partial charge >= 0.3 is 6.01 Å². The Morgan fingerprint density at radius 2 is 1.93 bits per heavy atom. The molecule has 3 N–H and O–H groups in total. The van der Waals surface area contributed by atoms with Gasteiger partial charge in [-0.15, -0.1) is 0 Å². The highest BCUT2D eigenvalue weighted by Crippen LogP contribution is 2.34. The molecule has 0 fully saturated rings. The Hall–Kier alpha value is -3.32. The lowest BCUT2D eigenvalue weighted by Crippen LogP contribution is -2.38. The van der Waals surface area contributed by atoms with Gasteiger partial charge in [0, 0.05) is 23.3 Å². The zero-order valence-corrected chi connectivity index (χ0v) is 16.0. The smallest absolute Gasteiger partial charge is 0.302 e. The van der Waals surface area contributed by atoms with Crippen molar-refractivity contribution in [3.05, 3.63) is 70.4 Å². The lowest BCUT2D eigenvalue weighted by atomic mass is 9.95. The summed E-state index contributed by atoms with van der Waals surface area (Å²) in [7, 11) is 1.59. The molecule has 0 saturated heterocycles. The molecule has 1 aromatic heterocycles. The summed E-state index contributed by atoms with van der Waals surface area (Å²) < 4.78 is 5.70. The second-order valence-electron chi connectivity index (χ2n) is 6.26. The standard InChI is InChI=1S/C20H18ClN5O2/c1-11-16(18(27)22-2)17(12-7-3-4-8-13(12)21)25-19(23-11)26-20-24-14-9-5-6-10-15(14)28-20/h3-10,17H,1-2H3,(H,22,27)(H2,23,24,25,26). The molecule has 142 valence electrons. The minimum Gasteiger partial charge on any atom is -0.423 e. The number of allylic oxidation sites excluding steroid dienone is 1. The number of hydrogen-bond donors (Lipinski definition) is 3. The number of halogens is 1. The molecule has 4 rings (SSSR count). The summed E-state index contributed by atoms with van der Waals surface area (Å²) in [5.41, 5.74) is 3.31. The molecular formula is C20H18ClN5O2. The first-order valence-electron chi connectivity index (χ1n) is 8.71. The minimum atomic E-state index is -0.568. The maximum atomic E-state index is 12.5. The van der Waals surface area contributed by atoms with Gasteiger partial charge in [0.25, 0.3) is 5.91 Å². The van der Waals surface area contributed by atoms with Crippen molar-refractivity contribution in [2.45, 2.75) is 13.0 Å². The van der Waals surface area contributed by atoms with Gasteiger partial charge in [0.15, 0.2) is 5.58 Å². The van der Waals surface area contributed by atoms with Gasteiger partial charge in [-0.3, -0.25) is 10.1 Å². The molecule has 0 saturated carbocycles. The van der Waals surface area contributed by atoms with Gasteiger partial charge in [0.1, 0.15) is 11.6 Å². The number of nitrogens with one attached hydrogen (secondary N) is 3. The van der Waals surface area contributed by atoms with E-state index in [1.165, 1.54) is 0 Å². The summed E-state index contributed by atoms with van der Waals surface area (Å²) >= 11 is 6.38. The number of guanidine groups is 1. The van der Waals surface area contributed by atoms with Crippen LogP contribution in [0.3, 0.4) is 0 Å². The van der Waals surface area contributed by atoms with Crippen molar-refractivity contribution < 1.29 is 9.21 Å². The first-order chi connectivity index (χ1) is 13.6. The number of carbonyl (C=O) groups excluding carboxylic acids is 1. The molecule has 1 unspecified atom stereocenters.